The molecule has 1 aliphatic heterocycles. The highest BCUT2D eigenvalue weighted by Crippen LogP contribution is 2.30. The number of hydrogen-bond acceptors (Lipinski definition) is 2. The maximum absolute atomic E-state index is 6.10. The molecule has 0 aromatic heterocycles. The summed E-state index contributed by atoms with van der Waals surface area (Å²) in [6.45, 7) is 8.15. The van der Waals surface area contributed by atoms with Crippen molar-refractivity contribution in [2.75, 3.05) is 19.7 Å². The van der Waals surface area contributed by atoms with Crippen molar-refractivity contribution < 1.29 is 4.74 Å². The van der Waals surface area contributed by atoms with Crippen LogP contribution in [0.3, 0.4) is 0 Å². The van der Waals surface area contributed by atoms with Crippen molar-refractivity contribution in [2.24, 2.45) is 17.8 Å². The lowest BCUT2D eigenvalue weighted by molar-refractivity contribution is -0.00540. The smallest absolute Gasteiger partial charge is 0.0580 e. The topological polar surface area (TPSA) is 21.3 Å². The van der Waals surface area contributed by atoms with E-state index in [2.05, 4.69) is 19.2 Å². The van der Waals surface area contributed by atoms with Crippen LogP contribution in [0.15, 0.2) is 0 Å². The molecule has 2 heteroatoms. The van der Waals surface area contributed by atoms with Crippen molar-refractivity contribution in [3.63, 3.8) is 0 Å². The molecule has 3 atom stereocenters. The number of hydrogen-bond donors (Lipinski definition) is 1. The van der Waals surface area contributed by atoms with Gasteiger partial charge in [0.25, 0.3) is 0 Å². The van der Waals surface area contributed by atoms with Gasteiger partial charge >= 0.3 is 0 Å². The van der Waals surface area contributed by atoms with E-state index in [-0.39, 0.29) is 0 Å². The van der Waals surface area contributed by atoms with Crippen LogP contribution in [0.2, 0.25) is 0 Å². The molecule has 3 unspecified atom stereocenters. The minimum atomic E-state index is 0.547. The molecule has 2 fully saturated rings. The zero-order valence-electron chi connectivity index (χ0n) is 11.6. The second-order valence-corrected chi connectivity index (χ2v) is 6.41. The Morgan fingerprint density at radius 2 is 1.88 bits per heavy atom. The molecule has 2 rings (SSSR count). The fourth-order valence-electron chi connectivity index (χ4n) is 3.58. The Hall–Kier alpha value is -0.0800. The van der Waals surface area contributed by atoms with Gasteiger partial charge in [-0.15, -0.1) is 0 Å². The molecule has 0 bridgehead atoms. The van der Waals surface area contributed by atoms with E-state index < -0.39 is 0 Å². The molecule has 0 amide bonds. The minimum Gasteiger partial charge on any atom is -0.378 e. The van der Waals surface area contributed by atoms with E-state index in [9.17, 15) is 0 Å². The van der Waals surface area contributed by atoms with Gasteiger partial charge in [0.15, 0.2) is 0 Å². The van der Waals surface area contributed by atoms with Crippen LogP contribution in [0, 0.1) is 17.8 Å². The van der Waals surface area contributed by atoms with E-state index in [1.165, 1.54) is 51.6 Å². The maximum Gasteiger partial charge on any atom is 0.0580 e. The van der Waals surface area contributed by atoms with Gasteiger partial charge in [-0.1, -0.05) is 13.8 Å². The normalized spacial score (nSPS) is 39.2. The first-order valence-corrected chi connectivity index (χ1v) is 7.56. The monoisotopic (exact) mass is 239 g/mol. The number of nitrogens with one attached hydrogen (secondary N) is 1. The Morgan fingerprint density at radius 1 is 1.12 bits per heavy atom. The predicted molar refractivity (Wildman–Crippen MR) is 72.1 cm³/mol. The molecule has 100 valence electrons. The van der Waals surface area contributed by atoms with E-state index in [0.717, 1.165) is 24.4 Å². The molecular formula is C15H29NO. The van der Waals surface area contributed by atoms with Crippen molar-refractivity contribution in [3.05, 3.63) is 0 Å². The summed E-state index contributed by atoms with van der Waals surface area (Å²) in [7, 11) is 0. The first kappa shape index (κ1) is 13.4. The standard InChI is InChI=1S/C15H29NO/c1-12-8-13(2)10-15(9-12)17-7-5-14-4-3-6-16-11-14/h12-16H,3-11H2,1-2H3. The molecule has 0 aromatic rings. The van der Waals surface area contributed by atoms with Crippen LogP contribution in [0.25, 0.3) is 0 Å². The highest BCUT2D eigenvalue weighted by molar-refractivity contribution is 4.75. The SMILES string of the molecule is CC1CC(C)CC(OCCC2CCCNC2)C1. The molecule has 1 saturated carbocycles. The Kier molecular flexibility index (Phi) is 5.30. The Labute approximate surface area is 107 Å². The van der Waals surface area contributed by atoms with Crippen molar-refractivity contribution in [1.82, 2.24) is 5.32 Å². The summed E-state index contributed by atoms with van der Waals surface area (Å²) in [4.78, 5) is 0. The number of rotatable bonds is 4. The van der Waals surface area contributed by atoms with Crippen LogP contribution in [0.1, 0.15) is 52.4 Å². The van der Waals surface area contributed by atoms with Crippen LogP contribution < -0.4 is 5.32 Å². The molecule has 1 N–H and O–H groups in total. The second-order valence-electron chi connectivity index (χ2n) is 6.41. The fourth-order valence-corrected chi connectivity index (χ4v) is 3.58. The third kappa shape index (κ3) is 4.59. The Balaban J connectivity index is 1.60. The third-order valence-electron chi connectivity index (χ3n) is 4.41. The van der Waals surface area contributed by atoms with Crippen LogP contribution in [-0.2, 0) is 4.74 Å². The molecule has 0 aromatic carbocycles. The lowest BCUT2D eigenvalue weighted by atomic mass is 9.82. The Bertz CT molecular complexity index is 203. The van der Waals surface area contributed by atoms with Gasteiger partial charge < -0.3 is 10.1 Å². The van der Waals surface area contributed by atoms with Crippen LogP contribution >= 0.6 is 0 Å². The maximum atomic E-state index is 6.10. The third-order valence-corrected chi connectivity index (χ3v) is 4.41. The summed E-state index contributed by atoms with van der Waals surface area (Å²) < 4.78 is 6.10. The highest BCUT2D eigenvalue weighted by atomic mass is 16.5. The summed E-state index contributed by atoms with van der Waals surface area (Å²) in [6.07, 6.45) is 8.51. The average Bonchev–Trinajstić information content (AvgIpc) is 2.29. The summed E-state index contributed by atoms with van der Waals surface area (Å²) in [5.41, 5.74) is 0. The molecule has 2 nitrogen and oxygen atoms in total. The quantitative estimate of drug-likeness (QED) is 0.813. The summed E-state index contributed by atoms with van der Waals surface area (Å²) in [5, 5.41) is 3.48. The molecule has 1 aliphatic carbocycles. The molecule has 1 saturated heterocycles. The molecule has 2 aliphatic rings. The van der Waals surface area contributed by atoms with E-state index >= 15 is 0 Å². The molecule has 0 spiro atoms. The van der Waals surface area contributed by atoms with E-state index in [0.29, 0.717) is 6.10 Å². The minimum absolute atomic E-state index is 0.547. The van der Waals surface area contributed by atoms with Crippen LogP contribution in [0.4, 0.5) is 0 Å². The van der Waals surface area contributed by atoms with Gasteiger partial charge in [0.1, 0.15) is 0 Å². The van der Waals surface area contributed by atoms with Gasteiger partial charge in [-0.3, -0.25) is 0 Å². The summed E-state index contributed by atoms with van der Waals surface area (Å²) in [5.74, 6) is 2.59. The predicted octanol–water partition coefficient (Wildman–Crippen LogP) is 3.22. The van der Waals surface area contributed by atoms with Crippen molar-refractivity contribution in [1.29, 1.82) is 0 Å². The molecule has 17 heavy (non-hydrogen) atoms. The molecule has 0 radical (unpaired) electrons. The molecular weight excluding hydrogens is 210 g/mol. The van der Waals surface area contributed by atoms with Crippen LogP contribution in [0.5, 0.6) is 0 Å². The van der Waals surface area contributed by atoms with Crippen LogP contribution in [-0.4, -0.2) is 25.8 Å². The van der Waals surface area contributed by atoms with Crippen molar-refractivity contribution in [3.8, 4) is 0 Å². The zero-order chi connectivity index (χ0) is 12.1. The van der Waals surface area contributed by atoms with Crippen molar-refractivity contribution >= 4 is 0 Å². The Morgan fingerprint density at radius 3 is 2.53 bits per heavy atom. The first-order valence-electron chi connectivity index (χ1n) is 7.56. The average molecular weight is 239 g/mol. The van der Waals surface area contributed by atoms with Gasteiger partial charge in [-0.2, -0.15) is 0 Å². The second kappa shape index (κ2) is 6.75. The van der Waals surface area contributed by atoms with E-state index in [1.807, 2.05) is 0 Å². The molecule has 1 heterocycles. The summed E-state index contributed by atoms with van der Waals surface area (Å²) >= 11 is 0. The number of ether oxygens (including phenoxy) is 1. The zero-order valence-corrected chi connectivity index (χ0v) is 11.6. The van der Waals surface area contributed by atoms with Gasteiger partial charge in [0.2, 0.25) is 0 Å². The van der Waals surface area contributed by atoms with Gasteiger partial charge in [0.05, 0.1) is 6.10 Å². The van der Waals surface area contributed by atoms with Gasteiger partial charge in [0, 0.05) is 6.61 Å². The van der Waals surface area contributed by atoms with Crippen molar-refractivity contribution in [2.45, 2.75) is 58.5 Å². The van der Waals surface area contributed by atoms with Gasteiger partial charge in [-0.05, 0) is 69.4 Å². The van der Waals surface area contributed by atoms with E-state index in [1.54, 1.807) is 0 Å². The number of piperidine rings is 1. The van der Waals surface area contributed by atoms with Gasteiger partial charge in [-0.25, -0.2) is 0 Å². The lowest BCUT2D eigenvalue weighted by Gasteiger charge is -2.32. The largest absolute Gasteiger partial charge is 0.378 e. The fraction of sp³-hybridized carbons (Fsp3) is 1.00. The highest BCUT2D eigenvalue weighted by Gasteiger charge is 2.24. The lowest BCUT2D eigenvalue weighted by Crippen LogP contribution is -2.31. The summed E-state index contributed by atoms with van der Waals surface area (Å²) in [6, 6.07) is 0. The van der Waals surface area contributed by atoms with E-state index in [4.69, 9.17) is 4.74 Å². The first-order chi connectivity index (χ1) is 8.24.